The highest BCUT2D eigenvalue weighted by atomic mass is 32.1. The molecule has 0 aromatic carbocycles. The van der Waals surface area contributed by atoms with Gasteiger partial charge in [0, 0.05) is 13.1 Å². The number of aromatic nitrogens is 2. The first kappa shape index (κ1) is 13.5. The summed E-state index contributed by atoms with van der Waals surface area (Å²) in [5.74, 6) is 0.475. The number of alkyl halides is 3. The number of hydrogen-bond donors (Lipinski definition) is 1. The van der Waals surface area contributed by atoms with Gasteiger partial charge >= 0.3 is 6.18 Å². The lowest BCUT2D eigenvalue weighted by atomic mass is 10.1. The van der Waals surface area contributed by atoms with E-state index in [4.69, 9.17) is 0 Å². The quantitative estimate of drug-likeness (QED) is 0.919. The molecule has 2 rings (SSSR count). The van der Waals surface area contributed by atoms with Crippen molar-refractivity contribution in [3.63, 3.8) is 0 Å². The zero-order valence-electron chi connectivity index (χ0n) is 10.00. The van der Waals surface area contributed by atoms with E-state index in [0.717, 1.165) is 26.1 Å². The van der Waals surface area contributed by atoms with Gasteiger partial charge in [-0.1, -0.05) is 18.3 Å². The molecule has 1 atom stereocenters. The molecule has 8 heteroatoms. The lowest BCUT2D eigenvalue weighted by molar-refractivity contribution is -0.138. The number of rotatable bonds is 4. The summed E-state index contributed by atoms with van der Waals surface area (Å²) in [5, 5.41) is 8.93. The van der Waals surface area contributed by atoms with Crippen molar-refractivity contribution in [1.29, 1.82) is 0 Å². The highest BCUT2D eigenvalue weighted by Gasteiger charge is 2.35. The van der Waals surface area contributed by atoms with Crippen LogP contribution in [-0.2, 0) is 6.18 Å². The van der Waals surface area contributed by atoms with Gasteiger partial charge < -0.3 is 10.2 Å². The molecule has 1 unspecified atom stereocenters. The Balaban J connectivity index is 1.82. The second-order valence-electron chi connectivity index (χ2n) is 4.34. The van der Waals surface area contributed by atoms with Gasteiger partial charge in [0.05, 0.1) is 0 Å². The minimum absolute atomic E-state index is 0.247. The monoisotopic (exact) mass is 280 g/mol. The summed E-state index contributed by atoms with van der Waals surface area (Å²) in [6.07, 6.45) is -3.32. The average Bonchev–Trinajstić information content (AvgIpc) is 2.94. The van der Waals surface area contributed by atoms with Crippen molar-refractivity contribution in [3.8, 4) is 0 Å². The standard InChI is InChI=1S/C10H15F3N4S/c1-2-17-4-3-7(6-17)5-14-9-16-15-8(18-9)10(11,12)13/h7H,2-6H2,1H3,(H,14,16). The summed E-state index contributed by atoms with van der Waals surface area (Å²) >= 11 is 0.558. The molecule has 2 heterocycles. The lowest BCUT2D eigenvalue weighted by Crippen LogP contribution is -2.22. The Bertz CT molecular complexity index is 393. The van der Waals surface area contributed by atoms with E-state index in [1.807, 2.05) is 0 Å². The van der Waals surface area contributed by atoms with Crippen molar-refractivity contribution < 1.29 is 13.2 Å². The fraction of sp³-hybridized carbons (Fsp3) is 0.800. The molecule has 102 valence electrons. The van der Waals surface area contributed by atoms with Crippen LogP contribution in [0.25, 0.3) is 0 Å². The van der Waals surface area contributed by atoms with Crippen LogP contribution in [0.1, 0.15) is 18.4 Å². The van der Waals surface area contributed by atoms with Crippen LogP contribution in [0, 0.1) is 5.92 Å². The van der Waals surface area contributed by atoms with E-state index in [9.17, 15) is 13.2 Å². The molecule has 0 amide bonds. The molecule has 0 aliphatic carbocycles. The summed E-state index contributed by atoms with van der Waals surface area (Å²) in [4.78, 5) is 2.33. The Hall–Kier alpha value is -0.890. The summed E-state index contributed by atoms with van der Waals surface area (Å²) in [6.45, 7) is 5.84. The molecule has 0 bridgehead atoms. The molecule has 1 aromatic rings. The first-order chi connectivity index (χ1) is 8.49. The minimum Gasteiger partial charge on any atom is -0.360 e. The summed E-state index contributed by atoms with van der Waals surface area (Å²) < 4.78 is 36.9. The minimum atomic E-state index is -4.40. The third-order valence-electron chi connectivity index (χ3n) is 3.03. The maximum absolute atomic E-state index is 12.3. The summed E-state index contributed by atoms with van der Waals surface area (Å²) in [5.41, 5.74) is 0. The molecule has 18 heavy (non-hydrogen) atoms. The van der Waals surface area contributed by atoms with Crippen LogP contribution in [0.3, 0.4) is 0 Å². The van der Waals surface area contributed by atoms with Crippen molar-refractivity contribution >= 4 is 16.5 Å². The van der Waals surface area contributed by atoms with Gasteiger partial charge in [0.1, 0.15) is 0 Å². The van der Waals surface area contributed by atoms with E-state index in [1.165, 1.54) is 0 Å². The van der Waals surface area contributed by atoms with Crippen molar-refractivity contribution in [2.75, 3.05) is 31.5 Å². The fourth-order valence-corrected chi connectivity index (χ4v) is 2.63. The van der Waals surface area contributed by atoms with Crippen molar-refractivity contribution in [1.82, 2.24) is 15.1 Å². The number of nitrogens with zero attached hydrogens (tertiary/aromatic N) is 3. The van der Waals surface area contributed by atoms with Gasteiger partial charge in [0.25, 0.3) is 0 Å². The number of nitrogens with one attached hydrogen (secondary N) is 1. The van der Waals surface area contributed by atoms with Crippen LogP contribution in [-0.4, -0.2) is 41.3 Å². The van der Waals surface area contributed by atoms with Crippen LogP contribution in [0.5, 0.6) is 0 Å². The largest absolute Gasteiger partial charge is 0.445 e. The number of likely N-dealkylation sites (tertiary alicyclic amines) is 1. The molecule has 0 spiro atoms. The zero-order valence-corrected chi connectivity index (χ0v) is 10.8. The molecular formula is C10H15F3N4S. The topological polar surface area (TPSA) is 41.0 Å². The molecule has 1 saturated heterocycles. The molecule has 4 nitrogen and oxygen atoms in total. The molecule has 0 radical (unpaired) electrons. The van der Waals surface area contributed by atoms with Gasteiger partial charge in [0.2, 0.25) is 10.1 Å². The summed E-state index contributed by atoms with van der Waals surface area (Å²) in [7, 11) is 0. The van der Waals surface area contributed by atoms with Gasteiger partial charge in [-0.05, 0) is 25.4 Å². The Labute approximate surface area is 107 Å². The Morgan fingerprint density at radius 2 is 2.22 bits per heavy atom. The highest BCUT2D eigenvalue weighted by Crippen LogP contribution is 2.33. The predicted molar refractivity (Wildman–Crippen MR) is 63.6 cm³/mol. The Kier molecular flexibility index (Phi) is 4.06. The smallest absolute Gasteiger partial charge is 0.360 e. The third-order valence-corrected chi connectivity index (χ3v) is 3.95. The second kappa shape index (κ2) is 5.40. The van der Waals surface area contributed by atoms with Gasteiger partial charge in [-0.25, -0.2) is 0 Å². The van der Waals surface area contributed by atoms with Crippen molar-refractivity contribution in [3.05, 3.63) is 5.01 Å². The number of halogens is 3. The molecule has 1 fully saturated rings. The van der Waals surface area contributed by atoms with Gasteiger partial charge in [-0.2, -0.15) is 13.2 Å². The highest BCUT2D eigenvalue weighted by molar-refractivity contribution is 7.15. The van der Waals surface area contributed by atoms with E-state index in [-0.39, 0.29) is 5.13 Å². The van der Waals surface area contributed by atoms with Crippen LogP contribution in [0.15, 0.2) is 0 Å². The maximum Gasteiger partial charge on any atom is 0.445 e. The average molecular weight is 280 g/mol. The first-order valence-electron chi connectivity index (χ1n) is 5.86. The lowest BCUT2D eigenvalue weighted by Gasteiger charge is -2.13. The molecular weight excluding hydrogens is 265 g/mol. The van der Waals surface area contributed by atoms with Gasteiger partial charge in [0.15, 0.2) is 0 Å². The van der Waals surface area contributed by atoms with E-state index in [2.05, 4.69) is 27.3 Å². The SMILES string of the molecule is CCN1CCC(CNc2nnc(C(F)(F)F)s2)C1. The number of hydrogen-bond acceptors (Lipinski definition) is 5. The van der Waals surface area contributed by atoms with Gasteiger partial charge in [-0.3, -0.25) is 0 Å². The van der Waals surface area contributed by atoms with E-state index in [0.29, 0.717) is 23.8 Å². The Morgan fingerprint density at radius 1 is 1.44 bits per heavy atom. The molecule has 1 aliphatic heterocycles. The maximum atomic E-state index is 12.3. The Morgan fingerprint density at radius 3 is 2.78 bits per heavy atom. The molecule has 1 aliphatic rings. The van der Waals surface area contributed by atoms with Crippen LogP contribution < -0.4 is 5.32 Å². The normalized spacial score (nSPS) is 21.4. The summed E-state index contributed by atoms with van der Waals surface area (Å²) in [6, 6.07) is 0. The van der Waals surface area contributed by atoms with Crippen LogP contribution in [0.2, 0.25) is 0 Å². The molecule has 0 saturated carbocycles. The van der Waals surface area contributed by atoms with Crippen molar-refractivity contribution in [2.45, 2.75) is 19.5 Å². The third kappa shape index (κ3) is 3.32. The molecule has 1 N–H and O–H groups in total. The zero-order chi connectivity index (χ0) is 13.2. The second-order valence-corrected chi connectivity index (χ2v) is 5.32. The molecule has 1 aromatic heterocycles. The van der Waals surface area contributed by atoms with E-state index < -0.39 is 11.2 Å². The predicted octanol–water partition coefficient (Wildman–Crippen LogP) is 2.31. The van der Waals surface area contributed by atoms with E-state index >= 15 is 0 Å². The van der Waals surface area contributed by atoms with Gasteiger partial charge in [-0.15, -0.1) is 10.2 Å². The van der Waals surface area contributed by atoms with Crippen molar-refractivity contribution in [2.24, 2.45) is 5.92 Å². The van der Waals surface area contributed by atoms with E-state index in [1.54, 1.807) is 0 Å². The first-order valence-corrected chi connectivity index (χ1v) is 6.67. The fourth-order valence-electron chi connectivity index (χ4n) is 2.01. The van der Waals surface area contributed by atoms with Crippen LogP contribution in [0.4, 0.5) is 18.3 Å². The number of anilines is 1. The van der Waals surface area contributed by atoms with Crippen LogP contribution >= 0.6 is 11.3 Å².